The number of hydrogen-bond acceptors (Lipinski definition) is 2. The van der Waals surface area contributed by atoms with E-state index in [0.717, 1.165) is 6.07 Å². The molecule has 0 saturated carbocycles. The molecule has 0 aromatic heterocycles. The van der Waals surface area contributed by atoms with Crippen LogP contribution < -0.4 is 5.32 Å². The molecule has 1 atom stereocenters. The summed E-state index contributed by atoms with van der Waals surface area (Å²) in [6, 6.07) is 11.9. The first kappa shape index (κ1) is 15.0. The van der Waals surface area contributed by atoms with Crippen molar-refractivity contribution < 1.29 is 8.78 Å². The monoisotopic (exact) mass is 293 g/mol. The molecule has 0 aliphatic carbocycles. The zero-order valence-corrected chi connectivity index (χ0v) is 12.3. The van der Waals surface area contributed by atoms with E-state index < -0.39 is 11.6 Å². The summed E-state index contributed by atoms with van der Waals surface area (Å²) < 4.78 is 26.5. The van der Waals surface area contributed by atoms with Gasteiger partial charge < -0.3 is 5.32 Å². The van der Waals surface area contributed by atoms with Gasteiger partial charge >= 0.3 is 0 Å². The molecular weight excluding hydrogens is 276 g/mol. The zero-order chi connectivity index (χ0) is 14.5. The number of aryl methyl sites for hydroxylation is 1. The van der Waals surface area contributed by atoms with E-state index in [9.17, 15) is 8.78 Å². The fourth-order valence-electron chi connectivity index (χ4n) is 2.07. The largest absolute Gasteiger partial charge is 0.312 e. The van der Waals surface area contributed by atoms with E-state index >= 15 is 0 Å². The van der Waals surface area contributed by atoms with Gasteiger partial charge in [-0.05, 0) is 37.2 Å². The first-order valence-corrected chi connectivity index (χ1v) is 7.41. The molecule has 1 unspecified atom stereocenters. The molecule has 0 aliphatic heterocycles. The Morgan fingerprint density at radius 2 is 1.90 bits per heavy atom. The lowest BCUT2D eigenvalue weighted by Gasteiger charge is -2.18. The maximum absolute atomic E-state index is 13.6. The lowest BCUT2D eigenvalue weighted by molar-refractivity contribution is 0.565. The fourth-order valence-corrected chi connectivity index (χ4v) is 3.13. The Bertz CT molecular complexity index is 586. The molecule has 4 heteroatoms. The number of nitrogens with one attached hydrogen (secondary N) is 1. The Morgan fingerprint density at radius 3 is 2.55 bits per heavy atom. The number of benzene rings is 2. The van der Waals surface area contributed by atoms with E-state index in [0.29, 0.717) is 10.6 Å². The standard InChI is InChI=1S/C16H17F2NS/c1-11-5-3-4-6-13(11)15(19-2)10-20-16-8-7-12(17)9-14(16)18/h3-9,15,19H,10H2,1-2H3. The van der Waals surface area contributed by atoms with Crippen LogP contribution in [0.4, 0.5) is 8.78 Å². The summed E-state index contributed by atoms with van der Waals surface area (Å²) in [4.78, 5) is 0.472. The van der Waals surface area contributed by atoms with E-state index in [1.54, 1.807) is 0 Å². The average Bonchev–Trinajstić information content (AvgIpc) is 2.43. The number of thioether (sulfide) groups is 1. The van der Waals surface area contributed by atoms with Crippen molar-refractivity contribution in [2.45, 2.75) is 17.9 Å². The molecule has 0 bridgehead atoms. The zero-order valence-electron chi connectivity index (χ0n) is 11.5. The second-order valence-corrected chi connectivity index (χ2v) is 5.65. The predicted molar refractivity (Wildman–Crippen MR) is 80.1 cm³/mol. The van der Waals surface area contributed by atoms with Crippen molar-refractivity contribution in [2.75, 3.05) is 12.8 Å². The van der Waals surface area contributed by atoms with Crippen molar-refractivity contribution in [1.82, 2.24) is 5.32 Å². The van der Waals surface area contributed by atoms with E-state index in [2.05, 4.69) is 24.4 Å². The quantitative estimate of drug-likeness (QED) is 0.824. The lowest BCUT2D eigenvalue weighted by Crippen LogP contribution is -2.19. The minimum absolute atomic E-state index is 0.130. The molecular formula is C16H17F2NS. The van der Waals surface area contributed by atoms with Crippen molar-refractivity contribution in [1.29, 1.82) is 0 Å². The van der Waals surface area contributed by atoms with E-state index in [-0.39, 0.29) is 6.04 Å². The van der Waals surface area contributed by atoms with E-state index in [1.807, 2.05) is 19.2 Å². The highest BCUT2D eigenvalue weighted by molar-refractivity contribution is 7.99. The normalized spacial score (nSPS) is 12.4. The number of rotatable bonds is 5. The molecule has 0 heterocycles. The van der Waals surface area contributed by atoms with Crippen LogP contribution in [-0.4, -0.2) is 12.8 Å². The Hall–Kier alpha value is -1.39. The third-order valence-corrected chi connectivity index (χ3v) is 4.35. The topological polar surface area (TPSA) is 12.0 Å². The summed E-state index contributed by atoms with van der Waals surface area (Å²) in [7, 11) is 1.89. The van der Waals surface area contributed by atoms with Gasteiger partial charge in [-0.1, -0.05) is 24.3 Å². The maximum atomic E-state index is 13.6. The Labute approximate surface area is 122 Å². The van der Waals surface area contributed by atoms with Crippen LogP contribution >= 0.6 is 11.8 Å². The molecule has 106 valence electrons. The van der Waals surface area contributed by atoms with Crippen molar-refractivity contribution in [3.8, 4) is 0 Å². The van der Waals surface area contributed by atoms with Crippen molar-refractivity contribution >= 4 is 11.8 Å². The first-order chi connectivity index (χ1) is 9.61. The van der Waals surface area contributed by atoms with Crippen LogP contribution in [0.3, 0.4) is 0 Å². The predicted octanol–water partition coefficient (Wildman–Crippen LogP) is 4.33. The maximum Gasteiger partial charge on any atom is 0.139 e. The van der Waals surface area contributed by atoms with Crippen LogP contribution in [0, 0.1) is 18.6 Å². The van der Waals surface area contributed by atoms with Gasteiger partial charge in [-0.25, -0.2) is 8.78 Å². The van der Waals surface area contributed by atoms with Crippen LogP contribution in [0.25, 0.3) is 0 Å². The summed E-state index contributed by atoms with van der Waals surface area (Å²) in [6.07, 6.45) is 0. The number of halogens is 2. The highest BCUT2D eigenvalue weighted by Gasteiger charge is 2.13. The highest BCUT2D eigenvalue weighted by Crippen LogP contribution is 2.28. The molecule has 0 radical (unpaired) electrons. The molecule has 0 fully saturated rings. The molecule has 2 aromatic rings. The third-order valence-electron chi connectivity index (χ3n) is 3.21. The molecule has 2 aromatic carbocycles. The van der Waals surface area contributed by atoms with Gasteiger partial charge in [0.1, 0.15) is 11.6 Å². The molecule has 0 saturated heterocycles. The molecule has 0 amide bonds. The first-order valence-electron chi connectivity index (χ1n) is 6.42. The van der Waals surface area contributed by atoms with Crippen LogP contribution in [-0.2, 0) is 0 Å². The van der Waals surface area contributed by atoms with Crippen molar-refractivity contribution in [3.63, 3.8) is 0 Å². The minimum Gasteiger partial charge on any atom is -0.312 e. The summed E-state index contributed by atoms with van der Waals surface area (Å²) in [5.41, 5.74) is 2.40. The van der Waals surface area contributed by atoms with Gasteiger partial charge in [-0.3, -0.25) is 0 Å². The van der Waals surface area contributed by atoms with Gasteiger partial charge in [0.2, 0.25) is 0 Å². The van der Waals surface area contributed by atoms with E-state index in [1.165, 1.54) is 35.0 Å². The van der Waals surface area contributed by atoms with Gasteiger partial charge in [0.15, 0.2) is 0 Å². The van der Waals surface area contributed by atoms with Gasteiger partial charge in [0.25, 0.3) is 0 Å². The second-order valence-electron chi connectivity index (χ2n) is 4.58. The van der Waals surface area contributed by atoms with Crippen LogP contribution in [0.15, 0.2) is 47.4 Å². The van der Waals surface area contributed by atoms with Crippen LogP contribution in [0.1, 0.15) is 17.2 Å². The van der Waals surface area contributed by atoms with Crippen molar-refractivity contribution in [2.24, 2.45) is 0 Å². The fraction of sp³-hybridized carbons (Fsp3) is 0.250. The van der Waals surface area contributed by atoms with Gasteiger partial charge in [-0.15, -0.1) is 11.8 Å². The van der Waals surface area contributed by atoms with Crippen molar-refractivity contribution in [3.05, 3.63) is 65.2 Å². The minimum atomic E-state index is -0.545. The van der Waals surface area contributed by atoms with Crippen LogP contribution in [0.2, 0.25) is 0 Å². The van der Waals surface area contributed by atoms with E-state index in [4.69, 9.17) is 0 Å². The summed E-state index contributed by atoms with van der Waals surface area (Å²) in [5, 5.41) is 3.24. The summed E-state index contributed by atoms with van der Waals surface area (Å²) in [5.74, 6) is -0.366. The lowest BCUT2D eigenvalue weighted by atomic mass is 10.0. The molecule has 1 N–H and O–H groups in total. The smallest absolute Gasteiger partial charge is 0.139 e. The Kier molecular flexibility index (Phi) is 5.15. The summed E-state index contributed by atoms with van der Waals surface area (Å²) in [6.45, 7) is 2.06. The van der Waals surface area contributed by atoms with Gasteiger partial charge in [0, 0.05) is 22.8 Å². The van der Waals surface area contributed by atoms with Crippen LogP contribution in [0.5, 0.6) is 0 Å². The average molecular weight is 293 g/mol. The van der Waals surface area contributed by atoms with Gasteiger partial charge in [-0.2, -0.15) is 0 Å². The molecule has 2 rings (SSSR count). The van der Waals surface area contributed by atoms with Gasteiger partial charge in [0.05, 0.1) is 0 Å². The Morgan fingerprint density at radius 1 is 1.15 bits per heavy atom. The second kappa shape index (κ2) is 6.86. The SMILES string of the molecule is CNC(CSc1ccc(F)cc1F)c1ccccc1C. The molecule has 20 heavy (non-hydrogen) atoms. The number of hydrogen-bond donors (Lipinski definition) is 1. The highest BCUT2D eigenvalue weighted by atomic mass is 32.2. The molecule has 0 aliphatic rings. The summed E-state index contributed by atoms with van der Waals surface area (Å²) >= 11 is 1.39. The molecule has 0 spiro atoms. The Balaban J connectivity index is 2.10. The molecule has 1 nitrogen and oxygen atoms in total. The third kappa shape index (κ3) is 3.58.